The molecule has 2 aliphatic rings. The first-order chi connectivity index (χ1) is 35.5. The highest BCUT2D eigenvalue weighted by molar-refractivity contribution is 7.07. The fraction of sp³-hybridized carbons (Fsp3) is 0.176. The van der Waals surface area contributed by atoms with Crippen LogP contribution in [0.15, 0.2) is 269 Å². The number of ether oxygens (including phenoxy) is 1. The van der Waals surface area contributed by atoms with E-state index in [1.807, 2.05) is 138 Å². The first-order valence-corrected chi connectivity index (χ1v) is 24.0. The second kappa shape index (κ2) is 58.0. The van der Waals surface area contributed by atoms with Gasteiger partial charge in [-0.3, -0.25) is 15.1 Å². The van der Waals surface area contributed by atoms with Gasteiger partial charge in [-0.25, -0.2) is 9.97 Å². The van der Waals surface area contributed by atoms with Crippen molar-refractivity contribution in [2.45, 2.75) is 19.3 Å². The molecular formula is C51H64N14O4S2. The zero-order valence-electron chi connectivity index (χ0n) is 39.5. The van der Waals surface area contributed by atoms with Crippen molar-refractivity contribution in [3.8, 4) is 0 Å². The van der Waals surface area contributed by atoms with Crippen LogP contribution in [0, 0.1) is 0 Å². The maximum Gasteiger partial charge on any atom is 0.203 e. The lowest BCUT2D eigenvalue weighted by atomic mass is 10.2. The van der Waals surface area contributed by atoms with Crippen molar-refractivity contribution in [2.24, 2.45) is 0 Å². The monoisotopic (exact) mass is 1000 g/mol. The average molecular weight is 1000 g/mol. The van der Waals surface area contributed by atoms with Crippen molar-refractivity contribution in [2.75, 3.05) is 39.4 Å². The number of aromatic nitrogens is 12. The molecule has 13 rings (SSSR count). The fourth-order valence-corrected chi connectivity index (χ4v) is 4.76. The molecule has 0 bridgehead atoms. The van der Waals surface area contributed by atoms with Crippen LogP contribution in [-0.4, -0.2) is 100 Å². The summed E-state index contributed by atoms with van der Waals surface area (Å²) in [5.74, 6) is 0. The van der Waals surface area contributed by atoms with Crippen molar-refractivity contribution in [3.05, 3.63) is 255 Å². The molecule has 4 N–H and O–H groups in total. The molecule has 0 saturated carbocycles. The summed E-state index contributed by atoms with van der Waals surface area (Å²) in [4.78, 5) is 17.7. The summed E-state index contributed by atoms with van der Waals surface area (Å²) in [7, 11) is 0. The van der Waals surface area contributed by atoms with E-state index in [-0.39, 0.29) is 0 Å². The van der Waals surface area contributed by atoms with Gasteiger partial charge in [-0.2, -0.15) is 26.6 Å². The van der Waals surface area contributed by atoms with Crippen LogP contribution in [0.3, 0.4) is 0 Å². The molecule has 71 heavy (non-hydrogen) atoms. The summed E-state index contributed by atoms with van der Waals surface area (Å²) >= 11 is 3.31. The first kappa shape index (κ1) is 60.9. The van der Waals surface area contributed by atoms with Crippen molar-refractivity contribution in [1.29, 1.82) is 0 Å². The number of thiazole rings is 1. The van der Waals surface area contributed by atoms with Crippen molar-refractivity contribution >= 4 is 22.7 Å². The Kier molecular flexibility index (Phi) is 49.7. The Morgan fingerprint density at radius 3 is 1.18 bits per heavy atom. The zero-order valence-corrected chi connectivity index (χ0v) is 41.2. The van der Waals surface area contributed by atoms with Crippen molar-refractivity contribution in [3.63, 3.8) is 0 Å². The van der Waals surface area contributed by atoms with Gasteiger partial charge in [-0.1, -0.05) is 66.2 Å². The standard InChI is InChI=1S/C6H6.C5H11N.C5H5N.2C4H4N2.C4H9NO.C4H5N.C4H4O.C4H4S.C3H4N2.C3H3NO.C3H3NS.C2H2N2O/c3*1-2-4-6-5-3-1;1-2-5-4-6-3-1;1-2-4-6-5-3-1;1-3-6-4-2-5-1;5*1-2-4-5-3-1;1-2-5-3-4-1;1-3-4-2-5-1/h1-6H;6H,1-5H2;1-5H;2*1-4H;5H,1-4H2;1-5H;2*1-4H;1-3H,(H,4,5);2*1-3H;1-2H. The van der Waals surface area contributed by atoms with Crippen LogP contribution >= 0.6 is 22.7 Å². The number of pyridine rings is 1. The van der Waals surface area contributed by atoms with E-state index in [9.17, 15) is 0 Å². The van der Waals surface area contributed by atoms with Crippen LogP contribution in [0.4, 0.5) is 0 Å². The summed E-state index contributed by atoms with van der Waals surface area (Å²) in [5.41, 5.74) is 1.79. The van der Waals surface area contributed by atoms with Crippen LogP contribution in [-0.2, 0) is 4.74 Å². The fourth-order valence-electron chi connectivity index (χ4n) is 3.96. The topological polar surface area (TPSA) is 233 Å². The molecule has 18 nitrogen and oxygen atoms in total. The Balaban J connectivity index is 0.000000385. The van der Waals surface area contributed by atoms with Crippen LogP contribution in [0.5, 0.6) is 0 Å². The molecule has 2 fully saturated rings. The maximum absolute atomic E-state index is 5.01. The summed E-state index contributed by atoms with van der Waals surface area (Å²) in [6.07, 6.45) is 33.7. The van der Waals surface area contributed by atoms with E-state index in [1.165, 1.54) is 57.7 Å². The highest BCUT2D eigenvalue weighted by atomic mass is 32.1. The SMILES string of the molecule is C1CCNCC1.C1COCCN1.c1cc[nH]c1.c1ccccc1.c1ccncc1.c1ccnnc1.c1ccoc1.c1ccsc1.c1cn[nH]c1.c1cncnc1.c1cnoc1.c1cscn1.c1nnco1. The van der Waals surface area contributed by atoms with Crippen LogP contribution in [0.25, 0.3) is 0 Å². The van der Waals surface area contributed by atoms with Gasteiger partial charge in [-0.05, 0) is 103 Å². The van der Waals surface area contributed by atoms with E-state index in [0.717, 1.165) is 26.3 Å². The number of morpholine rings is 1. The average Bonchev–Trinajstić information content (AvgIpc) is 4.35. The molecule has 0 unspecified atom stereocenters. The number of H-pyrrole nitrogens is 2. The van der Waals surface area contributed by atoms with E-state index in [4.69, 9.17) is 4.74 Å². The number of thiophene rings is 1. The Labute approximate surface area is 424 Å². The predicted octanol–water partition coefficient (Wildman–Crippen LogP) is 10.4. The van der Waals surface area contributed by atoms with Gasteiger partial charge in [0.25, 0.3) is 0 Å². The van der Waals surface area contributed by atoms with Crippen molar-refractivity contribution in [1.82, 2.24) is 71.3 Å². The molecule has 1 aromatic carbocycles. The van der Waals surface area contributed by atoms with Crippen LogP contribution in [0.2, 0.25) is 0 Å². The number of nitrogens with one attached hydrogen (secondary N) is 4. The van der Waals surface area contributed by atoms with Gasteiger partial charge in [0.1, 0.15) is 12.6 Å². The third-order valence-corrected chi connectivity index (χ3v) is 8.13. The molecule has 0 aliphatic carbocycles. The molecule has 0 amide bonds. The van der Waals surface area contributed by atoms with E-state index in [0.29, 0.717) is 0 Å². The molecule has 374 valence electrons. The highest BCUT2D eigenvalue weighted by Gasteiger charge is 1.94. The lowest BCUT2D eigenvalue weighted by Gasteiger charge is -2.10. The maximum atomic E-state index is 5.01. The quantitative estimate of drug-likeness (QED) is 0.111. The first-order valence-electron chi connectivity index (χ1n) is 22.1. The lowest BCUT2D eigenvalue weighted by molar-refractivity contribution is 0.109. The molecule has 10 aromatic heterocycles. The molecule has 20 heteroatoms. The van der Waals surface area contributed by atoms with Crippen LogP contribution < -0.4 is 10.6 Å². The molecule has 0 radical (unpaired) electrons. The molecular weight excluding hydrogens is 937 g/mol. The number of hydrogen-bond acceptors (Lipinski definition) is 18. The lowest BCUT2D eigenvalue weighted by Crippen LogP contribution is -2.30. The molecule has 11 aromatic rings. The minimum atomic E-state index is 0.889. The number of nitrogens with zero attached hydrogens (tertiary/aromatic N) is 10. The van der Waals surface area contributed by atoms with Crippen LogP contribution in [0.1, 0.15) is 19.3 Å². The summed E-state index contributed by atoms with van der Waals surface area (Å²) < 4.78 is 18.3. The van der Waals surface area contributed by atoms with Gasteiger partial charge in [0.2, 0.25) is 12.8 Å². The third-order valence-electron chi connectivity index (χ3n) is 6.98. The Bertz CT molecular complexity index is 1620. The number of rotatable bonds is 0. The van der Waals surface area contributed by atoms with E-state index >= 15 is 0 Å². The summed E-state index contributed by atoms with van der Waals surface area (Å²) in [6.45, 7) is 6.33. The molecule has 2 aliphatic heterocycles. The summed E-state index contributed by atoms with van der Waals surface area (Å²) in [5, 5.41) is 35.7. The van der Waals surface area contributed by atoms with Crippen molar-refractivity contribution < 1.29 is 18.1 Å². The second-order valence-corrected chi connectivity index (χ2v) is 13.9. The number of piperidine rings is 1. The minimum Gasteiger partial charge on any atom is -0.473 e. The third kappa shape index (κ3) is 56.1. The van der Waals surface area contributed by atoms with Gasteiger partial charge in [-0.15, -0.1) is 21.5 Å². The number of benzene rings is 1. The molecule has 0 atom stereocenters. The number of furan rings is 1. The number of aromatic amines is 2. The smallest absolute Gasteiger partial charge is 0.203 e. The van der Waals surface area contributed by atoms with Gasteiger partial charge < -0.3 is 33.7 Å². The molecule has 2 saturated heterocycles. The van der Waals surface area contributed by atoms with Gasteiger partial charge >= 0.3 is 0 Å². The normalized spacial score (nSPS) is 10.7. The highest BCUT2D eigenvalue weighted by Crippen LogP contribution is 1.96. The molecule has 0 spiro atoms. The second-order valence-electron chi connectivity index (χ2n) is 12.4. The number of hydrogen-bond donors (Lipinski definition) is 4. The van der Waals surface area contributed by atoms with Gasteiger partial charge in [0, 0.05) is 86.6 Å². The Morgan fingerprint density at radius 1 is 0.394 bits per heavy atom. The van der Waals surface area contributed by atoms with Gasteiger partial charge in [0.15, 0.2) is 0 Å². The largest absolute Gasteiger partial charge is 0.473 e. The molecule has 12 heterocycles. The van der Waals surface area contributed by atoms with E-state index in [2.05, 4.69) is 84.7 Å². The summed E-state index contributed by atoms with van der Waals surface area (Å²) in [6, 6.07) is 38.3. The minimum absolute atomic E-state index is 0.889. The predicted molar refractivity (Wildman–Crippen MR) is 280 cm³/mol. The zero-order chi connectivity index (χ0) is 50.2. The van der Waals surface area contributed by atoms with Gasteiger partial charge in [0.05, 0.1) is 37.4 Å². The Hall–Kier alpha value is -8.14. The van der Waals surface area contributed by atoms with E-state index < -0.39 is 0 Å². The van der Waals surface area contributed by atoms with E-state index in [1.54, 1.807) is 115 Å². The Morgan fingerprint density at radius 2 is 1.00 bits per heavy atom.